The maximum atomic E-state index is 12.4. The van der Waals surface area contributed by atoms with E-state index in [1.807, 2.05) is 54.9 Å². The highest BCUT2D eigenvalue weighted by atomic mass is 16.2. The van der Waals surface area contributed by atoms with Crippen molar-refractivity contribution in [3.8, 4) is 22.8 Å². The lowest BCUT2D eigenvalue weighted by atomic mass is 9.97. The molecule has 1 aliphatic rings. The van der Waals surface area contributed by atoms with Gasteiger partial charge >= 0.3 is 6.03 Å². The van der Waals surface area contributed by atoms with Gasteiger partial charge in [0.25, 0.3) is 0 Å². The summed E-state index contributed by atoms with van der Waals surface area (Å²) < 4.78 is 0. The van der Waals surface area contributed by atoms with E-state index in [1.54, 1.807) is 0 Å². The summed E-state index contributed by atoms with van der Waals surface area (Å²) in [5.74, 6) is 0. The van der Waals surface area contributed by atoms with Gasteiger partial charge in [0.1, 0.15) is 11.4 Å². The van der Waals surface area contributed by atoms with Gasteiger partial charge < -0.3 is 20.6 Å². The first kappa shape index (κ1) is 20.1. The van der Waals surface area contributed by atoms with E-state index in [4.69, 9.17) is 9.97 Å². The number of allylic oxidation sites excluding steroid dienone is 1. The molecule has 7 nitrogen and oxygen atoms in total. The van der Waals surface area contributed by atoms with E-state index in [0.29, 0.717) is 12.2 Å². The first-order valence-corrected chi connectivity index (χ1v) is 11.1. The minimum Gasteiger partial charge on any atom is -0.360 e. The summed E-state index contributed by atoms with van der Waals surface area (Å²) in [6.45, 7) is 0.640. The van der Waals surface area contributed by atoms with Gasteiger partial charge in [-0.2, -0.15) is 0 Å². The van der Waals surface area contributed by atoms with E-state index in [-0.39, 0.29) is 6.03 Å². The topological polar surface area (TPSA) is 98.5 Å². The molecule has 2 amide bonds. The Morgan fingerprint density at radius 1 is 0.938 bits per heavy atom. The number of aromatic amines is 2. The number of carbonyl (C=O) groups is 1. The number of aromatic nitrogens is 4. The Bertz CT molecular complexity index is 1240. The van der Waals surface area contributed by atoms with E-state index in [9.17, 15) is 4.79 Å². The van der Waals surface area contributed by atoms with Crippen LogP contribution >= 0.6 is 0 Å². The zero-order valence-corrected chi connectivity index (χ0v) is 17.8. The summed E-state index contributed by atoms with van der Waals surface area (Å²) in [5, 5.41) is 5.87. The third-order valence-corrected chi connectivity index (χ3v) is 5.74. The number of benzene rings is 1. The normalized spacial score (nSPS) is 13.7. The van der Waals surface area contributed by atoms with Crippen molar-refractivity contribution in [2.45, 2.75) is 32.1 Å². The molecule has 3 heterocycles. The Balaban J connectivity index is 1.35. The van der Waals surface area contributed by atoms with Gasteiger partial charge in [0.15, 0.2) is 0 Å². The highest BCUT2D eigenvalue weighted by molar-refractivity contribution is 5.93. The van der Waals surface area contributed by atoms with Crippen molar-refractivity contribution in [3.63, 3.8) is 0 Å². The smallest absolute Gasteiger partial charge is 0.319 e. The number of H-pyrrole nitrogens is 2. The average molecular weight is 427 g/mol. The number of anilines is 1. The molecule has 32 heavy (non-hydrogen) atoms. The van der Waals surface area contributed by atoms with Gasteiger partial charge in [-0.3, -0.25) is 0 Å². The molecule has 3 aromatic heterocycles. The Hall–Kier alpha value is -3.87. The van der Waals surface area contributed by atoms with Gasteiger partial charge in [-0.15, -0.1) is 0 Å². The summed E-state index contributed by atoms with van der Waals surface area (Å²) in [5.41, 5.74) is 6.94. The molecule has 0 spiro atoms. The molecule has 0 fully saturated rings. The van der Waals surface area contributed by atoms with Crippen LogP contribution < -0.4 is 10.6 Å². The summed E-state index contributed by atoms with van der Waals surface area (Å²) in [7, 11) is 0. The van der Waals surface area contributed by atoms with Crippen molar-refractivity contribution in [2.75, 3.05) is 11.9 Å². The van der Waals surface area contributed by atoms with Crippen molar-refractivity contribution in [2.24, 2.45) is 0 Å². The van der Waals surface area contributed by atoms with Gasteiger partial charge in [-0.25, -0.2) is 14.8 Å². The summed E-state index contributed by atoms with van der Waals surface area (Å²) in [6, 6.07) is 13.2. The number of urea groups is 1. The number of rotatable bonds is 6. The van der Waals surface area contributed by atoms with E-state index >= 15 is 0 Å². The minimum absolute atomic E-state index is 0.207. The molecule has 7 heteroatoms. The van der Waals surface area contributed by atoms with Crippen LogP contribution in [-0.4, -0.2) is 32.5 Å². The second-order valence-corrected chi connectivity index (χ2v) is 8.03. The summed E-state index contributed by atoms with van der Waals surface area (Å²) in [6.07, 6.45) is 11.8. The van der Waals surface area contributed by atoms with E-state index < -0.39 is 0 Å². The van der Waals surface area contributed by atoms with Crippen LogP contribution in [0.4, 0.5) is 10.5 Å². The molecule has 5 rings (SSSR count). The van der Waals surface area contributed by atoms with Crippen LogP contribution in [0.15, 0.2) is 66.5 Å². The quantitative estimate of drug-likeness (QED) is 0.301. The molecule has 0 atom stereocenters. The number of carbonyl (C=O) groups excluding carboxylic acids is 1. The molecular weight excluding hydrogens is 400 g/mol. The predicted molar refractivity (Wildman–Crippen MR) is 127 cm³/mol. The van der Waals surface area contributed by atoms with Crippen molar-refractivity contribution in [3.05, 3.63) is 66.5 Å². The fourth-order valence-electron chi connectivity index (χ4n) is 4.11. The van der Waals surface area contributed by atoms with E-state index in [0.717, 1.165) is 53.1 Å². The lowest BCUT2D eigenvalue weighted by molar-refractivity contribution is 0.252. The van der Waals surface area contributed by atoms with Crippen LogP contribution in [0.1, 0.15) is 32.1 Å². The van der Waals surface area contributed by atoms with Crippen molar-refractivity contribution < 1.29 is 4.79 Å². The van der Waals surface area contributed by atoms with Gasteiger partial charge in [0.05, 0.1) is 22.4 Å². The molecule has 0 saturated carbocycles. The van der Waals surface area contributed by atoms with Crippen LogP contribution in [0.25, 0.3) is 33.8 Å². The maximum absolute atomic E-state index is 12.4. The Labute approximate surface area is 186 Å². The molecule has 0 radical (unpaired) electrons. The largest absolute Gasteiger partial charge is 0.360 e. The summed E-state index contributed by atoms with van der Waals surface area (Å²) >= 11 is 0. The SMILES string of the molecule is O=C(NCCC1=CCCCC1)Nc1ccc2nc(-c3ccc[nH]3)c(-c3ccc[nH]3)nc2c1. The standard InChI is InChI=1S/C25H26N6O/c32-25(28-15-12-17-6-2-1-3-7-17)29-18-10-11-19-22(16-18)31-24(21-9-5-14-27-21)23(30-19)20-8-4-13-26-20/h4-6,8-11,13-14,16,26-27H,1-3,7,12,15H2,(H2,28,29,32). The Morgan fingerprint density at radius 3 is 2.34 bits per heavy atom. The molecule has 4 N–H and O–H groups in total. The third kappa shape index (κ3) is 4.42. The summed E-state index contributed by atoms with van der Waals surface area (Å²) in [4.78, 5) is 28.5. The number of nitrogens with one attached hydrogen (secondary N) is 4. The molecular formula is C25H26N6O. The first-order valence-electron chi connectivity index (χ1n) is 11.1. The lowest BCUT2D eigenvalue weighted by Crippen LogP contribution is -2.29. The number of nitrogens with zero attached hydrogens (tertiary/aromatic N) is 2. The van der Waals surface area contributed by atoms with Crippen LogP contribution in [0, 0.1) is 0 Å². The molecule has 0 bridgehead atoms. The number of amides is 2. The second-order valence-electron chi connectivity index (χ2n) is 8.03. The zero-order valence-electron chi connectivity index (χ0n) is 17.8. The minimum atomic E-state index is -0.207. The number of fused-ring (bicyclic) bond motifs is 1. The van der Waals surface area contributed by atoms with Crippen LogP contribution in [0.2, 0.25) is 0 Å². The highest BCUT2D eigenvalue weighted by Gasteiger charge is 2.15. The van der Waals surface area contributed by atoms with Crippen LogP contribution in [0.3, 0.4) is 0 Å². The molecule has 162 valence electrons. The molecule has 1 aliphatic carbocycles. The molecule has 0 unspecified atom stereocenters. The molecule has 1 aromatic carbocycles. The van der Waals surface area contributed by atoms with Gasteiger partial charge in [-0.05, 0) is 74.6 Å². The fourth-order valence-corrected chi connectivity index (χ4v) is 4.11. The third-order valence-electron chi connectivity index (χ3n) is 5.74. The first-order chi connectivity index (χ1) is 15.8. The van der Waals surface area contributed by atoms with Gasteiger partial charge in [-0.1, -0.05) is 11.6 Å². The van der Waals surface area contributed by atoms with Gasteiger partial charge in [0, 0.05) is 24.6 Å². The highest BCUT2D eigenvalue weighted by Crippen LogP contribution is 2.30. The second kappa shape index (κ2) is 9.09. The molecule has 0 saturated heterocycles. The number of hydrogen-bond acceptors (Lipinski definition) is 3. The van der Waals surface area contributed by atoms with Crippen molar-refractivity contribution in [1.82, 2.24) is 25.3 Å². The average Bonchev–Trinajstić information content (AvgIpc) is 3.53. The predicted octanol–water partition coefficient (Wildman–Crippen LogP) is 5.63. The van der Waals surface area contributed by atoms with Crippen LogP contribution in [-0.2, 0) is 0 Å². The van der Waals surface area contributed by atoms with E-state index in [2.05, 4.69) is 26.7 Å². The van der Waals surface area contributed by atoms with E-state index in [1.165, 1.54) is 18.4 Å². The van der Waals surface area contributed by atoms with Gasteiger partial charge in [0.2, 0.25) is 0 Å². The maximum Gasteiger partial charge on any atom is 0.319 e. The Morgan fingerprint density at radius 2 is 1.69 bits per heavy atom. The van der Waals surface area contributed by atoms with Crippen molar-refractivity contribution in [1.29, 1.82) is 0 Å². The van der Waals surface area contributed by atoms with Crippen LogP contribution in [0.5, 0.6) is 0 Å². The monoisotopic (exact) mass is 426 g/mol. The Kier molecular flexibility index (Phi) is 5.70. The number of hydrogen-bond donors (Lipinski definition) is 4. The fraction of sp³-hybridized carbons (Fsp3) is 0.240. The molecule has 4 aromatic rings. The van der Waals surface area contributed by atoms with Crippen molar-refractivity contribution >= 4 is 22.8 Å². The zero-order chi connectivity index (χ0) is 21.8. The lowest BCUT2D eigenvalue weighted by Gasteiger charge is -2.13. The molecule has 0 aliphatic heterocycles.